The van der Waals surface area contributed by atoms with Crippen molar-refractivity contribution < 1.29 is 0 Å². The molecule has 2 fully saturated rings. The Labute approximate surface area is 100 Å². The van der Waals surface area contributed by atoms with E-state index < -0.39 is 0 Å². The zero-order valence-corrected chi connectivity index (χ0v) is 9.76. The summed E-state index contributed by atoms with van der Waals surface area (Å²) in [6.45, 7) is 1.12. The molecule has 4 heteroatoms. The number of hydrogen-bond acceptors (Lipinski definition) is 3. The van der Waals surface area contributed by atoms with Gasteiger partial charge in [-0.05, 0) is 44.4 Å². The molecule has 1 aliphatic heterocycles. The number of nitrogens with one attached hydrogen (secondary N) is 1. The fraction of sp³-hybridized carbons (Fsp3) is 0.538. The number of rotatable bonds is 2. The molecule has 3 heterocycles. The monoisotopic (exact) mass is 228 g/mol. The quantitative estimate of drug-likeness (QED) is 0.856. The van der Waals surface area contributed by atoms with Gasteiger partial charge in [-0.25, -0.2) is 9.97 Å². The highest BCUT2D eigenvalue weighted by Crippen LogP contribution is 2.40. The van der Waals surface area contributed by atoms with Crippen LogP contribution in [0.5, 0.6) is 0 Å². The molecular weight excluding hydrogens is 212 g/mol. The van der Waals surface area contributed by atoms with Crippen molar-refractivity contribution >= 4 is 11.2 Å². The minimum absolute atomic E-state index is 0.435. The van der Waals surface area contributed by atoms with Crippen LogP contribution >= 0.6 is 0 Å². The van der Waals surface area contributed by atoms with Gasteiger partial charge in [0.25, 0.3) is 0 Å². The largest absolute Gasteiger partial charge is 0.308 e. The molecule has 0 spiro atoms. The number of hydrogen-bond donors (Lipinski definition) is 1. The zero-order valence-electron chi connectivity index (χ0n) is 9.76. The summed E-state index contributed by atoms with van der Waals surface area (Å²) in [7, 11) is 0. The lowest BCUT2D eigenvalue weighted by Gasteiger charge is -2.12. The van der Waals surface area contributed by atoms with Gasteiger partial charge in [0.15, 0.2) is 5.65 Å². The second kappa shape index (κ2) is 3.53. The summed E-state index contributed by atoms with van der Waals surface area (Å²) in [6.07, 6.45) is 6.89. The van der Waals surface area contributed by atoms with Gasteiger partial charge in [-0.1, -0.05) is 0 Å². The Hall–Kier alpha value is -1.42. The van der Waals surface area contributed by atoms with E-state index in [4.69, 9.17) is 4.98 Å². The van der Waals surface area contributed by atoms with Crippen molar-refractivity contribution in [1.29, 1.82) is 0 Å². The standard InChI is InChI=1S/C13H16N4/c1-3-10(14-7-1)13-16-11-4-2-8-15-12(11)17(13)9-5-6-9/h2,4,8-10,14H,1,3,5-7H2. The Morgan fingerprint density at radius 2 is 2.24 bits per heavy atom. The molecular formula is C13H16N4. The molecule has 0 amide bonds. The SMILES string of the molecule is c1cnc2c(c1)nc(C1CCCN1)n2C1CC1. The number of nitrogens with zero attached hydrogens (tertiary/aromatic N) is 3. The third-order valence-corrected chi connectivity index (χ3v) is 3.76. The highest BCUT2D eigenvalue weighted by atomic mass is 15.2. The molecule has 1 atom stereocenters. The highest BCUT2D eigenvalue weighted by molar-refractivity contribution is 5.71. The molecule has 1 N–H and O–H groups in total. The van der Waals surface area contributed by atoms with E-state index in [1.165, 1.54) is 31.5 Å². The van der Waals surface area contributed by atoms with E-state index in [2.05, 4.69) is 20.9 Å². The number of aromatic nitrogens is 3. The molecule has 2 aromatic heterocycles. The molecule has 0 radical (unpaired) electrons. The van der Waals surface area contributed by atoms with Crippen LogP contribution < -0.4 is 5.32 Å². The average Bonchev–Trinajstić information content (AvgIpc) is 2.94. The van der Waals surface area contributed by atoms with Crippen LogP contribution in [0, 0.1) is 0 Å². The van der Waals surface area contributed by atoms with Gasteiger partial charge in [-0.15, -0.1) is 0 Å². The topological polar surface area (TPSA) is 42.7 Å². The van der Waals surface area contributed by atoms with E-state index >= 15 is 0 Å². The van der Waals surface area contributed by atoms with Crippen LogP contribution in [0.2, 0.25) is 0 Å². The summed E-state index contributed by atoms with van der Waals surface area (Å²) < 4.78 is 2.37. The van der Waals surface area contributed by atoms with E-state index in [1.54, 1.807) is 0 Å². The smallest absolute Gasteiger partial charge is 0.160 e. The van der Waals surface area contributed by atoms with Gasteiger partial charge >= 0.3 is 0 Å². The summed E-state index contributed by atoms with van der Waals surface area (Å²) in [5.41, 5.74) is 2.11. The van der Waals surface area contributed by atoms with Crippen molar-refractivity contribution in [2.24, 2.45) is 0 Å². The number of pyridine rings is 1. The van der Waals surface area contributed by atoms with Gasteiger partial charge in [0.2, 0.25) is 0 Å². The molecule has 2 aromatic rings. The Kier molecular flexibility index (Phi) is 1.99. The van der Waals surface area contributed by atoms with E-state index in [0.717, 1.165) is 17.7 Å². The Balaban J connectivity index is 1.91. The maximum absolute atomic E-state index is 4.79. The molecule has 0 aromatic carbocycles. The lowest BCUT2D eigenvalue weighted by molar-refractivity contribution is 0.558. The van der Waals surface area contributed by atoms with E-state index in [1.807, 2.05) is 12.3 Å². The van der Waals surface area contributed by atoms with Crippen molar-refractivity contribution in [1.82, 2.24) is 19.9 Å². The Morgan fingerprint density at radius 3 is 3.00 bits per heavy atom. The summed E-state index contributed by atoms with van der Waals surface area (Å²) in [6, 6.07) is 5.12. The molecule has 17 heavy (non-hydrogen) atoms. The number of fused-ring (bicyclic) bond motifs is 1. The molecule has 1 aliphatic carbocycles. The third kappa shape index (κ3) is 1.47. The highest BCUT2D eigenvalue weighted by Gasteiger charge is 2.32. The van der Waals surface area contributed by atoms with Crippen molar-refractivity contribution in [3.63, 3.8) is 0 Å². The molecule has 88 valence electrons. The van der Waals surface area contributed by atoms with Crippen LogP contribution in [-0.4, -0.2) is 21.1 Å². The molecule has 1 saturated carbocycles. The molecule has 4 nitrogen and oxygen atoms in total. The molecule has 2 aliphatic rings. The molecule has 0 bridgehead atoms. The minimum Gasteiger partial charge on any atom is -0.308 e. The predicted molar refractivity (Wildman–Crippen MR) is 65.8 cm³/mol. The first-order valence-corrected chi connectivity index (χ1v) is 6.50. The van der Waals surface area contributed by atoms with Gasteiger partial charge in [0, 0.05) is 12.2 Å². The average molecular weight is 228 g/mol. The van der Waals surface area contributed by atoms with Crippen LogP contribution in [0.25, 0.3) is 11.2 Å². The first-order valence-electron chi connectivity index (χ1n) is 6.50. The molecule has 1 unspecified atom stereocenters. The lowest BCUT2D eigenvalue weighted by atomic mass is 10.2. The fourth-order valence-electron chi connectivity index (χ4n) is 2.79. The third-order valence-electron chi connectivity index (χ3n) is 3.76. The summed E-state index contributed by atoms with van der Waals surface area (Å²) >= 11 is 0. The van der Waals surface area contributed by atoms with Crippen molar-refractivity contribution in [2.45, 2.75) is 37.8 Å². The van der Waals surface area contributed by atoms with Crippen LogP contribution in [0.15, 0.2) is 18.3 Å². The molecule has 4 rings (SSSR count). The van der Waals surface area contributed by atoms with Crippen molar-refractivity contribution in [2.75, 3.05) is 6.54 Å². The summed E-state index contributed by atoms with van der Waals surface area (Å²) in [5.74, 6) is 1.21. The first kappa shape index (κ1) is 9.59. The van der Waals surface area contributed by atoms with E-state index in [9.17, 15) is 0 Å². The fourth-order valence-corrected chi connectivity index (χ4v) is 2.79. The Bertz CT molecular complexity index is 550. The lowest BCUT2D eigenvalue weighted by Crippen LogP contribution is -2.17. The minimum atomic E-state index is 0.435. The van der Waals surface area contributed by atoms with Gasteiger partial charge in [0.1, 0.15) is 11.3 Å². The van der Waals surface area contributed by atoms with Crippen molar-refractivity contribution in [3.05, 3.63) is 24.2 Å². The van der Waals surface area contributed by atoms with E-state index in [-0.39, 0.29) is 0 Å². The van der Waals surface area contributed by atoms with Crippen LogP contribution in [0.1, 0.15) is 43.6 Å². The number of imidazole rings is 1. The van der Waals surface area contributed by atoms with Gasteiger partial charge < -0.3 is 9.88 Å². The maximum atomic E-state index is 4.79. The second-order valence-electron chi connectivity index (χ2n) is 5.07. The zero-order chi connectivity index (χ0) is 11.2. The second-order valence-corrected chi connectivity index (χ2v) is 5.07. The van der Waals surface area contributed by atoms with Crippen LogP contribution in [-0.2, 0) is 0 Å². The van der Waals surface area contributed by atoms with Crippen LogP contribution in [0.4, 0.5) is 0 Å². The van der Waals surface area contributed by atoms with Gasteiger partial charge in [-0.3, -0.25) is 0 Å². The maximum Gasteiger partial charge on any atom is 0.160 e. The summed E-state index contributed by atoms with van der Waals surface area (Å²) in [4.78, 5) is 9.30. The normalized spacial score (nSPS) is 24.6. The first-order chi connectivity index (χ1) is 8.43. The summed E-state index contributed by atoms with van der Waals surface area (Å²) in [5, 5.41) is 3.55. The van der Waals surface area contributed by atoms with Gasteiger partial charge in [-0.2, -0.15) is 0 Å². The molecule has 1 saturated heterocycles. The Morgan fingerprint density at radius 1 is 1.29 bits per heavy atom. The van der Waals surface area contributed by atoms with Gasteiger partial charge in [0.05, 0.1) is 6.04 Å². The van der Waals surface area contributed by atoms with Crippen LogP contribution in [0.3, 0.4) is 0 Å². The van der Waals surface area contributed by atoms with Crippen molar-refractivity contribution in [3.8, 4) is 0 Å². The predicted octanol–water partition coefficient (Wildman–Crippen LogP) is 2.19. The van der Waals surface area contributed by atoms with E-state index in [0.29, 0.717) is 12.1 Å².